The monoisotopic (exact) mass is 479 g/mol. The summed E-state index contributed by atoms with van der Waals surface area (Å²) in [5, 5.41) is 11.0. The number of rotatable bonds is 6. The molecule has 0 saturated heterocycles. The summed E-state index contributed by atoms with van der Waals surface area (Å²) in [5.41, 5.74) is 3.31. The van der Waals surface area contributed by atoms with Crippen LogP contribution in [0.15, 0.2) is 59.4 Å². The average Bonchev–Trinajstić information content (AvgIpc) is 2.89. The number of ether oxygens (including phenoxy) is 2. The number of nitrogens with zero attached hydrogens (tertiary/aromatic N) is 1. The summed E-state index contributed by atoms with van der Waals surface area (Å²) in [6, 6.07) is 8.48. The van der Waals surface area contributed by atoms with Gasteiger partial charge in [-0.2, -0.15) is 0 Å². The minimum Gasteiger partial charge on any atom is -0.463 e. The van der Waals surface area contributed by atoms with Crippen molar-refractivity contribution in [2.45, 2.75) is 37.5 Å². The maximum atomic E-state index is 10.2. The summed E-state index contributed by atoms with van der Waals surface area (Å²) in [7, 11) is 0. The molecule has 1 aromatic carbocycles. The quantitative estimate of drug-likeness (QED) is 0.475. The van der Waals surface area contributed by atoms with Gasteiger partial charge in [0.05, 0.1) is 30.6 Å². The van der Waals surface area contributed by atoms with Gasteiger partial charge in [-0.15, -0.1) is 11.6 Å². The van der Waals surface area contributed by atoms with Crippen molar-refractivity contribution in [1.29, 1.82) is 0 Å². The van der Waals surface area contributed by atoms with Crippen LogP contribution in [0.3, 0.4) is 0 Å². The first-order chi connectivity index (χ1) is 13.9. The summed E-state index contributed by atoms with van der Waals surface area (Å²) >= 11 is 9.63. The molecule has 1 aromatic rings. The SMILES string of the molecule is CC1(C)c2ccccc2N(CCOCCBr)C12C=CC1=C(O2)C(CCl)=CC(O)C1. The van der Waals surface area contributed by atoms with E-state index in [1.807, 2.05) is 6.08 Å². The second kappa shape index (κ2) is 8.10. The summed E-state index contributed by atoms with van der Waals surface area (Å²) in [5.74, 6) is 1.11. The summed E-state index contributed by atoms with van der Waals surface area (Å²) in [6.45, 7) is 6.45. The molecule has 156 valence electrons. The number of fused-ring (bicyclic) bond motifs is 1. The van der Waals surface area contributed by atoms with Gasteiger partial charge in [0.15, 0.2) is 0 Å². The van der Waals surface area contributed by atoms with Crippen LogP contribution in [0.25, 0.3) is 0 Å². The highest BCUT2D eigenvalue weighted by molar-refractivity contribution is 9.09. The molecule has 3 aliphatic rings. The standard InChI is InChI=1S/C23H27BrClNO3/c1-22(2)19-5-3-4-6-20(19)26(10-12-28-11-9-24)23(22)8-7-16-13-18(27)14-17(15-25)21(16)29-23/h3-8,14,18,27H,9-13,15H2,1-2H3. The Morgan fingerprint density at radius 3 is 2.86 bits per heavy atom. The van der Waals surface area contributed by atoms with Crippen molar-refractivity contribution in [3.63, 3.8) is 0 Å². The van der Waals surface area contributed by atoms with Gasteiger partial charge in [-0.05, 0) is 43.2 Å². The molecular weight excluding hydrogens is 454 g/mol. The Balaban J connectivity index is 1.75. The van der Waals surface area contributed by atoms with Crippen molar-refractivity contribution in [1.82, 2.24) is 0 Å². The average molecular weight is 481 g/mol. The van der Waals surface area contributed by atoms with Gasteiger partial charge in [-0.1, -0.05) is 40.2 Å². The largest absolute Gasteiger partial charge is 0.463 e. The molecule has 2 aliphatic heterocycles. The Morgan fingerprint density at radius 1 is 1.31 bits per heavy atom. The number of benzene rings is 1. The molecule has 0 bridgehead atoms. The van der Waals surface area contributed by atoms with E-state index in [2.05, 4.69) is 71.1 Å². The van der Waals surface area contributed by atoms with E-state index in [0.717, 1.165) is 22.2 Å². The molecule has 0 fully saturated rings. The Hall–Kier alpha value is -1.27. The van der Waals surface area contributed by atoms with Crippen molar-refractivity contribution < 1.29 is 14.6 Å². The first-order valence-electron chi connectivity index (χ1n) is 10.0. The summed E-state index contributed by atoms with van der Waals surface area (Å²) < 4.78 is 12.6. The highest BCUT2D eigenvalue weighted by atomic mass is 79.9. The van der Waals surface area contributed by atoms with Gasteiger partial charge in [0.25, 0.3) is 0 Å². The molecule has 2 heterocycles. The molecule has 2 atom stereocenters. The lowest BCUT2D eigenvalue weighted by molar-refractivity contribution is -0.0118. The van der Waals surface area contributed by atoms with Crippen LogP contribution in [0.1, 0.15) is 25.8 Å². The second-order valence-electron chi connectivity index (χ2n) is 8.18. The number of halogens is 2. The lowest BCUT2D eigenvalue weighted by atomic mass is 9.75. The molecule has 0 aromatic heterocycles. The van der Waals surface area contributed by atoms with E-state index >= 15 is 0 Å². The molecular formula is C23H27BrClNO3. The lowest BCUT2D eigenvalue weighted by Crippen LogP contribution is -2.58. The first kappa shape index (κ1) is 21.0. The van der Waals surface area contributed by atoms with Gasteiger partial charge in [0.2, 0.25) is 5.72 Å². The zero-order valence-electron chi connectivity index (χ0n) is 16.8. The molecule has 0 saturated carbocycles. The topological polar surface area (TPSA) is 41.9 Å². The predicted molar refractivity (Wildman–Crippen MR) is 121 cm³/mol. The van der Waals surface area contributed by atoms with E-state index in [1.165, 1.54) is 11.3 Å². The van der Waals surface area contributed by atoms with E-state index in [1.54, 1.807) is 0 Å². The van der Waals surface area contributed by atoms with Crippen LogP contribution in [0.4, 0.5) is 5.69 Å². The van der Waals surface area contributed by atoms with Crippen LogP contribution in [-0.2, 0) is 14.9 Å². The van der Waals surface area contributed by atoms with Crippen LogP contribution < -0.4 is 4.90 Å². The molecule has 1 N–H and O–H groups in total. The Bertz CT molecular complexity index is 879. The Labute approximate surface area is 186 Å². The first-order valence-corrected chi connectivity index (χ1v) is 11.7. The second-order valence-corrected chi connectivity index (χ2v) is 9.24. The number of allylic oxidation sites excluding steroid dienone is 2. The van der Waals surface area contributed by atoms with E-state index in [9.17, 15) is 5.11 Å². The molecule has 0 radical (unpaired) electrons. The van der Waals surface area contributed by atoms with E-state index in [-0.39, 0.29) is 5.41 Å². The number of hydrogen-bond acceptors (Lipinski definition) is 4. The van der Waals surface area contributed by atoms with Gasteiger partial charge >= 0.3 is 0 Å². The van der Waals surface area contributed by atoms with Gasteiger partial charge < -0.3 is 19.5 Å². The lowest BCUT2D eigenvalue weighted by Gasteiger charge is -2.48. The van der Waals surface area contributed by atoms with Crippen LogP contribution >= 0.6 is 27.5 Å². The Kier molecular flexibility index (Phi) is 5.86. The highest BCUT2D eigenvalue weighted by Gasteiger charge is 2.59. The summed E-state index contributed by atoms with van der Waals surface area (Å²) in [4.78, 5) is 2.31. The molecule has 1 aliphatic carbocycles. The van der Waals surface area contributed by atoms with Crippen molar-refractivity contribution in [3.8, 4) is 0 Å². The molecule has 29 heavy (non-hydrogen) atoms. The predicted octanol–water partition coefficient (Wildman–Crippen LogP) is 4.66. The van der Waals surface area contributed by atoms with Crippen molar-refractivity contribution in [2.24, 2.45) is 0 Å². The van der Waals surface area contributed by atoms with Crippen LogP contribution in [0.5, 0.6) is 0 Å². The van der Waals surface area contributed by atoms with E-state index in [0.29, 0.717) is 32.1 Å². The smallest absolute Gasteiger partial charge is 0.212 e. The molecule has 4 rings (SSSR count). The fourth-order valence-corrected chi connectivity index (χ4v) is 5.14. The minimum absolute atomic E-state index is 0.290. The van der Waals surface area contributed by atoms with Crippen molar-refractivity contribution in [2.75, 3.05) is 35.9 Å². The maximum Gasteiger partial charge on any atom is 0.212 e. The zero-order valence-corrected chi connectivity index (χ0v) is 19.2. The van der Waals surface area contributed by atoms with Crippen LogP contribution in [0, 0.1) is 0 Å². The van der Waals surface area contributed by atoms with Gasteiger partial charge in [-0.25, -0.2) is 0 Å². The third-order valence-corrected chi connectivity index (χ3v) is 6.78. The number of hydrogen-bond donors (Lipinski definition) is 1. The highest BCUT2D eigenvalue weighted by Crippen LogP contribution is 2.55. The normalized spacial score (nSPS) is 27.0. The van der Waals surface area contributed by atoms with Gasteiger partial charge in [0, 0.05) is 29.6 Å². The molecule has 4 nitrogen and oxygen atoms in total. The van der Waals surface area contributed by atoms with Gasteiger partial charge in [0.1, 0.15) is 5.76 Å². The number of aliphatic hydroxyl groups is 1. The van der Waals surface area contributed by atoms with Crippen LogP contribution in [0.2, 0.25) is 0 Å². The third kappa shape index (κ3) is 3.36. The molecule has 0 amide bonds. The number of alkyl halides is 2. The summed E-state index contributed by atoms with van der Waals surface area (Å²) in [6.07, 6.45) is 6.11. The van der Waals surface area contributed by atoms with Crippen molar-refractivity contribution >= 4 is 33.2 Å². The van der Waals surface area contributed by atoms with E-state index in [4.69, 9.17) is 21.1 Å². The molecule has 2 unspecified atom stereocenters. The number of anilines is 1. The zero-order chi connectivity index (χ0) is 20.6. The van der Waals surface area contributed by atoms with Crippen LogP contribution in [-0.4, -0.2) is 47.9 Å². The number of para-hydroxylation sites is 1. The third-order valence-electron chi connectivity index (χ3n) is 6.16. The fourth-order valence-electron chi connectivity index (χ4n) is 4.70. The maximum absolute atomic E-state index is 10.2. The fraction of sp³-hybridized carbons (Fsp3) is 0.478. The van der Waals surface area contributed by atoms with E-state index < -0.39 is 11.8 Å². The van der Waals surface area contributed by atoms with Crippen molar-refractivity contribution in [3.05, 3.63) is 65.0 Å². The number of aliphatic hydroxyl groups excluding tert-OH is 1. The van der Waals surface area contributed by atoms with Gasteiger partial charge in [-0.3, -0.25) is 0 Å². The minimum atomic E-state index is -0.680. The molecule has 6 heteroatoms. The Morgan fingerprint density at radius 2 is 2.10 bits per heavy atom. The molecule has 1 spiro atoms.